The third kappa shape index (κ3) is 5.08. The molecule has 5 heteroatoms. The molecule has 2 aliphatic heterocycles. The second-order valence-corrected chi connectivity index (χ2v) is 9.14. The van der Waals surface area contributed by atoms with Crippen LogP contribution in [0.2, 0.25) is 0 Å². The maximum Gasteiger partial charge on any atom is 0.250 e. The predicted octanol–water partition coefficient (Wildman–Crippen LogP) is 5.69. The lowest BCUT2D eigenvalue weighted by atomic mass is 9.95. The standard InChI is InChI=1S/C24H32N2O2S/c1-2-3-14-28-16-24(27)25-19-8-10-23-21(15-19)22(17-29-23)18-7-9-20-6-4-5-12-26(20)13-11-18/h8,10-11,15,17,20H,2-7,9,12-14,16H2,1H3,(H,25,27). The zero-order chi connectivity index (χ0) is 20.1. The van der Waals surface area contributed by atoms with E-state index < -0.39 is 0 Å². The maximum atomic E-state index is 12.2. The summed E-state index contributed by atoms with van der Waals surface area (Å²) in [5.41, 5.74) is 3.67. The number of carbonyl (C=O) groups is 1. The van der Waals surface area contributed by atoms with Gasteiger partial charge in [-0.15, -0.1) is 11.3 Å². The van der Waals surface area contributed by atoms with E-state index in [1.54, 1.807) is 11.3 Å². The summed E-state index contributed by atoms with van der Waals surface area (Å²) in [6, 6.07) is 7.00. The smallest absolute Gasteiger partial charge is 0.250 e. The number of hydrogen-bond acceptors (Lipinski definition) is 4. The first kappa shape index (κ1) is 20.6. The van der Waals surface area contributed by atoms with E-state index in [1.165, 1.54) is 53.5 Å². The number of benzene rings is 1. The molecule has 156 valence electrons. The summed E-state index contributed by atoms with van der Waals surface area (Å²) in [7, 11) is 0. The van der Waals surface area contributed by atoms with Crippen LogP contribution in [0.4, 0.5) is 5.69 Å². The van der Waals surface area contributed by atoms with Crippen molar-refractivity contribution in [1.29, 1.82) is 0 Å². The van der Waals surface area contributed by atoms with Crippen molar-refractivity contribution in [3.8, 4) is 0 Å². The lowest BCUT2D eigenvalue weighted by molar-refractivity contribution is -0.120. The third-order valence-corrected chi connectivity index (χ3v) is 7.11. The lowest BCUT2D eigenvalue weighted by Gasteiger charge is -2.33. The molecule has 29 heavy (non-hydrogen) atoms. The van der Waals surface area contributed by atoms with Gasteiger partial charge in [0.15, 0.2) is 0 Å². The third-order valence-electron chi connectivity index (χ3n) is 6.15. The Morgan fingerprint density at radius 1 is 1.31 bits per heavy atom. The second kappa shape index (κ2) is 9.88. The van der Waals surface area contributed by atoms with Crippen LogP contribution in [0, 0.1) is 0 Å². The number of carbonyl (C=O) groups excluding carboxylic acids is 1. The highest BCUT2D eigenvalue weighted by Gasteiger charge is 2.24. The van der Waals surface area contributed by atoms with Gasteiger partial charge in [-0.25, -0.2) is 0 Å². The molecule has 1 N–H and O–H groups in total. The quantitative estimate of drug-likeness (QED) is 0.594. The van der Waals surface area contributed by atoms with Crippen LogP contribution in [-0.2, 0) is 9.53 Å². The molecule has 0 aliphatic carbocycles. The van der Waals surface area contributed by atoms with Gasteiger partial charge in [-0.1, -0.05) is 25.8 Å². The number of fused-ring (bicyclic) bond motifs is 2. The number of hydrogen-bond donors (Lipinski definition) is 1. The van der Waals surface area contributed by atoms with E-state index in [-0.39, 0.29) is 12.5 Å². The lowest BCUT2D eigenvalue weighted by Crippen LogP contribution is -2.38. The van der Waals surface area contributed by atoms with Crippen molar-refractivity contribution in [2.45, 2.75) is 57.9 Å². The Hall–Kier alpha value is -1.69. The SMILES string of the molecule is CCCCOCC(=O)Nc1ccc2scc(C3=CCN4CCCCC4CC3)c2c1. The van der Waals surface area contributed by atoms with Gasteiger partial charge in [0.2, 0.25) is 5.91 Å². The zero-order valence-corrected chi connectivity index (χ0v) is 18.2. The highest BCUT2D eigenvalue weighted by Crippen LogP contribution is 2.37. The minimum atomic E-state index is -0.0808. The maximum absolute atomic E-state index is 12.2. The molecular formula is C24H32N2O2S. The first-order valence-electron chi connectivity index (χ1n) is 11.1. The molecular weight excluding hydrogens is 380 g/mol. The van der Waals surface area contributed by atoms with Gasteiger partial charge >= 0.3 is 0 Å². The van der Waals surface area contributed by atoms with Gasteiger partial charge in [0.05, 0.1) is 0 Å². The molecule has 1 aromatic carbocycles. The van der Waals surface area contributed by atoms with Crippen LogP contribution in [-0.4, -0.2) is 43.2 Å². The Morgan fingerprint density at radius 3 is 3.14 bits per heavy atom. The van der Waals surface area contributed by atoms with E-state index in [9.17, 15) is 4.79 Å². The summed E-state index contributed by atoms with van der Waals surface area (Å²) in [6.07, 6.45) is 11.0. The minimum absolute atomic E-state index is 0.0808. The largest absolute Gasteiger partial charge is 0.372 e. The fraction of sp³-hybridized carbons (Fsp3) is 0.542. The van der Waals surface area contributed by atoms with Crippen molar-refractivity contribution < 1.29 is 9.53 Å². The molecule has 0 saturated carbocycles. The van der Waals surface area contributed by atoms with Crippen LogP contribution in [0.15, 0.2) is 29.7 Å². The topological polar surface area (TPSA) is 41.6 Å². The highest BCUT2D eigenvalue weighted by molar-refractivity contribution is 7.17. The number of ether oxygens (including phenoxy) is 1. The van der Waals surface area contributed by atoms with Crippen LogP contribution in [0.25, 0.3) is 15.7 Å². The second-order valence-electron chi connectivity index (χ2n) is 8.23. The van der Waals surface area contributed by atoms with Crippen molar-refractivity contribution in [3.05, 3.63) is 35.2 Å². The molecule has 4 rings (SSSR count). The average Bonchev–Trinajstić information content (AvgIpc) is 3.03. The Morgan fingerprint density at radius 2 is 2.24 bits per heavy atom. The van der Waals surface area contributed by atoms with Gasteiger partial charge in [-0.2, -0.15) is 0 Å². The Balaban J connectivity index is 1.47. The number of allylic oxidation sites excluding steroid dienone is 1. The summed E-state index contributed by atoms with van der Waals surface area (Å²) in [5, 5.41) is 6.54. The van der Waals surface area contributed by atoms with Gasteiger partial charge in [-0.05, 0) is 73.4 Å². The van der Waals surface area contributed by atoms with E-state index in [0.717, 1.165) is 37.5 Å². The molecule has 1 aromatic heterocycles. The fourth-order valence-corrected chi connectivity index (χ4v) is 5.45. The van der Waals surface area contributed by atoms with Gasteiger partial charge < -0.3 is 10.1 Å². The molecule has 1 fully saturated rings. The Bertz CT molecular complexity index is 873. The number of piperidine rings is 1. The number of anilines is 1. The van der Waals surface area contributed by atoms with E-state index in [1.807, 2.05) is 6.07 Å². The number of thiophene rings is 1. The summed E-state index contributed by atoms with van der Waals surface area (Å²) < 4.78 is 6.71. The molecule has 2 aliphatic rings. The molecule has 3 heterocycles. The van der Waals surface area contributed by atoms with Crippen molar-refractivity contribution in [1.82, 2.24) is 4.90 Å². The van der Waals surface area contributed by atoms with E-state index in [0.29, 0.717) is 6.61 Å². The van der Waals surface area contributed by atoms with E-state index in [2.05, 4.69) is 40.7 Å². The molecule has 1 atom stereocenters. The molecule has 1 saturated heterocycles. The van der Waals surface area contributed by atoms with E-state index in [4.69, 9.17) is 4.74 Å². The number of amides is 1. The first-order chi connectivity index (χ1) is 14.2. The Labute approximate surface area is 177 Å². The van der Waals surface area contributed by atoms with Crippen molar-refractivity contribution in [3.63, 3.8) is 0 Å². The highest BCUT2D eigenvalue weighted by atomic mass is 32.1. The summed E-state index contributed by atoms with van der Waals surface area (Å²) in [5.74, 6) is -0.0808. The molecule has 2 aromatic rings. The molecule has 4 nitrogen and oxygen atoms in total. The molecule has 0 spiro atoms. The van der Waals surface area contributed by atoms with Crippen molar-refractivity contribution in [2.75, 3.05) is 31.6 Å². The molecule has 1 amide bonds. The average molecular weight is 413 g/mol. The molecule has 1 unspecified atom stereocenters. The van der Waals surface area contributed by atoms with Crippen molar-refractivity contribution >= 4 is 38.6 Å². The van der Waals surface area contributed by atoms with Gasteiger partial charge in [0.1, 0.15) is 6.61 Å². The minimum Gasteiger partial charge on any atom is -0.372 e. The van der Waals surface area contributed by atoms with Gasteiger partial charge in [0.25, 0.3) is 0 Å². The number of rotatable bonds is 7. The fourth-order valence-electron chi connectivity index (χ4n) is 4.49. The van der Waals surface area contributed by atoms with Gasteiger partial charge in [-0.3, -0.25) is 9.69 Å². The zero-order valence-electron chi connectivity index (χ0n) is 17.4. The normalized spacial score (nSPS) is 20.2. The van der Waals surface area contributed by atoms with E-state index >= 15 is 0 Å². The van der Waals surface area contributed by atoms with Crippen LogP contribution in [0.5, 0.6) is 0 Å². The van der Waals surface area contributed by atoms with Gasteiger partial charge in [0, 0.05) is 35.0 Å². The predicted molar refractivity (Wildman–Crippen MR) is 123 cm³/mol. The monoisotopic (exact) mass is 412 g/mol. The van der Waals surface area contributed by atoms with Crippen LogP contribution in [0.1, 0.15) is 57.4 Å². The summed E-state index contributed by atoms with van der Waals surface area (Å²) in [4.78, 5) is 14.8. The Kier molecular flexibility index (Phi) is 7.01. The number of nitrogens with zero attached hydrogens (tertiary/aromatic N) is 1. The van der Waals surface area contributed by atoms with Crippen molar-refractivity contribution in [2.24, 2.45) is 0 Å². The number of unbranched alkanes of at least 4 members (excludes halogenated alkanes) is 1. The molecule has 0 radical (unpaired) electrons. The summed E-state index contributed by atoms with van der Waals surface area (Å²) >= 11 is 1.79. The molecule has 0 bridgehead atoms. The first-order valence-corrected chi connectivity index (χ1v) is 11.9. The summed E-state index contributed by atoms with van der Waals surface area (Å²) in [6.45, 7) is 5.20. The van der Waals surface area contributed by atoms with Crippen LogP contribution < -0.4 is 5.32 Å². The van der Waals surface area contributed by atoms with Crippen LogP contribution in [0.3, 0.4) is 0 Å². The number of nitrogens with one attached hydrogen (secondary N) is 1. The van der Waals surface area contributed by atoms with Crippen LogP contribution >= 0.6 is 11.3 Å².